The third-order valence-corrected chi connectivity index (χ3v) is 5.15. The standard InChI is InChI=1S/C25H19N9O2/c35-23(28-29-25(36)18-8-11-22(12-9-18)34-17-27-31-32-34)13-10-20-16-33(21-6-2-1-3-7-21)30-24(20)19-5-4-14-26-15-19/h1-17H,(H,28,35)(H,29,36)/b13-10+. The lowest BCUT2D eigenvalue weighted by Crippen LogP contribution is -2.40. The SMILES string of the molecule is O=C(/C=C/c1cn(-c2ccccc2)nc1-c1cccnc1)NNC(=O)c1ccc(-n2cnnn2)cc1. The van der Waals surface area contributed by atoms with Gasteiger partial charge in [0.15, 0.2) is 0 Å². The summed E-state index contributed by atoms with van der Waals surface area (Å²) in [4.78, 5) is 29.0. The highest BCUT2D eigenvalue weighted by molar-refractivity contribution is 5.98. The molecule has 0 fully saturated rings. The molecule has 2 aromatic carbocycles. The summed E-state index contributed by atoms with van der Waals surface area (Å²) in [6, 6.07) is 20.0. The van der Waals surface area contributed by atoms with Crippen LogP contribution in [0.1, 0.15) is 15.9 Å². The second-order valence-corrected chi connectivity index (χ2v) is 7.53. The lowest BCUT2D eigenvalue weighted by Gasteiger charge is -2.06. The number of tetrazole rings is 1. The fourth-order valence-electron chi connectivity index (χ4n) is 3.39. The summed E-state index contributed by atoms with van der Waals surface area (Å²) in [5.41, 5.74) is 8.92. The molecular weight excluding hydrogens is 458 g/mol. The number of carbonyl (C=O) groups excluding carboxylic acids is 2. The number of amides is 2. The van der Waals surface area contributed by atoms with Crippen molar-refractivity contribution in [3.05, 3.63) is 109 Å². The van der Waals surface area contributed by atoms with Crippen LogP contribution in [0, 0.1) is 0 Å². The van der Waals surface area contributed by atoms with Gasteiger partial charge < -0.3 is 0 Å². The van der Waals surface area contributed by atoms with Gasteiger partial charge in [-0.2, -0.15) is 5.10 Å². The van der Waals surface area contributed by atoms with E-state index in [-0.39, 0.29) is 0 Å². The van der Waals surface area contributed by atoms with E-state index < -0.39 is 11.8 Å². The van der Waals surface area contributed by atoms with Crippen LogP contribution in [0.2, 0.25) is 0 Å². The molecule has 11 heteroatoms. The normalized spacial score (nSPS) is 10.9. The fraction of sp³-hybridized carbons (Fsp3) is 0. The topological polar surface area (TPSA) is 133 Å². The summed E-state index contributed by atoms with van der Waals surface area (Å²) >= 11 is 0. The van der Waals surface area contributed by atoms with Crippen molar-refractivity contribution in [1.29, 1.82) is 0 Å². The fourth-order valence-corrected chi connectivity index (χ4v) is 3.39. The number of nitrogens with one attached hydrogen (secondary N) is 2. The first kappa shape index (κ1) is 22.3. The van der Waals surface area contributed by atoms with E-state index in [1.807, 2.05) is 48.7 Å². The van der Waals surface area contributed by atoms with Gasteiger partial charge >= 0.3 is 0 Å². The zero-order chi connectivity index (χ0) is 24.7. The zero-order valence-corrected chi connectivity index (χ0v) is 18.8. The number of carbonyl (C=O) groups is 2. The summed E-state index contributed by atoms with van der Waals surface area (Å²) in [6.45, 7) is 0. The Bertz CT molecular complexity index is 1490. The third kappa shape index (κ3) is 5.04. The van der Waals surface area contributed by atoms with Crippen LogP contribution in [0.3, 0.4) is 0 Å². The molecule has 0 saturated heterocycles. The van der Waals surface area contributed by atoms with Crippen molar-refractivity contribution in [2.75, 3.05) is 0 Å². The Labute approximate surface area is 205 Å². The number of hydrazine groups is 1. The molecule has 11 nitrogen and oxygen atoms in total. The van der Waals surface area contributed by atoms with Crippen molar-refractivity contribution in [2.24, 2.45) is 0 Å². The van der Waals surface area contributed by atoms with Crippen molar-refractivity contribution < 1.29 is 9.59 Å². The van der Waals surface area contributed by atoms with Gasteiger partial charge in [-0.25, -0.2) is 9.36 Å². The third-order valence-electron chi connectivity index (χ3n) is 5.15. The number of rotatable bonds is 6. The van der Waals surface area contributed by atoms with E-state index in [2.05, 4.69) is 36.5 Å². The average molecular weight is 477 g/mol. The molecule has 0 saturated carbocycles. The Hall–Kier alpha value is -5.45. The predicted octanol–water partition coefficient (Wildman–Crippen LogP) is 2.38. The van der Waals surface area contributed by atoms with Crippen LogP contribution < -0.4 is 10.9 Å². The molecule has 3 heterocycles. The van der Waals surface area contributed by atoms with E-state index in [0.29, 0.717) is 22.5 Å². The van der Waals surface area contributed by atoms with Gasteiger partial charge in [0.25, 0.3) is 11.8 Å². The van der Waals surface area contributed by atoms with E-state index in [9.17, 15) is 9.59 Å². The number of para-hydroxylation sites is 1. The Morgan fingerprint density at radius 3 is 2.39 bits per heavy atom. The number of hydrogen-bond donors (Lipinski definition) is 2. The van der Waals surface area contributed by atoms with Crippen molar-refractivity contribution in [3.8, 4) is 22.6 Å². The maximum Gasteiger partial charge on any atom is 0.269 e. The Kier molecular flexibility index (Phi) is 6.34. The maximum atomic E-state index is 12.4. The van der Waals surface area contributed by atoms with Crippen LogP contribution in [-0.4, -0.2) is 46.8 Å². The van der Waals surface area contributed by atoms with Gasteiger partial charge in [-0.05, 0) is 65.0 Å². The molecule has 2 amide bonds. The summed E-state index contributed by atoms with van der Waals surface area (Å²) in [5.74, 6) is -0.966. The summed E-state index contributed by atoms with van der Waals surface area (Å²) in [5, 5.41) is 15.6. The highest BCUT2D eigenvalue weighted by Crippen LogP contribution is 2.24. The van der Waals surface area contributed by atoms with Crippen LogP contribution in [0.25, 0.3) is 28.7 Å². The van der Waals surface area contributed by atoms with Crippen LogP contribution in [0.4, 0.5) is 0 Å². The van der Waals surface area contributed by atoms with Gasteiger partial charge in [-0.1, -0.05) is 18.2 Å². The molecule has 5 aromatic rings. The molecule has 0 radical (unpaired) electrons. The monoisotopic (exact) mass is 477 g/mol. The second kappa shape index (κ2) is 10.2. The van der Waals surface area contributed by atoms with Crippen molar-refractivity contribution >= 4 is 17.9 Å². The molecule has 0 aliphatic rings. The van der Waals surface area contributed by atoms with E-state index in [1.54, 1.807) is 47.4 Å². The van der Waals surface area contributed by atoms with Gasteiger partial charge in [0.05, 0.1) is 11.4 Å². The number of benzene rings is 2. The van der Waals surface area contributed by atoms with Gasteiger partial charge in [-0.3, -0.25) is 25.4 Å². The molecular formula is C25H19N9O2. The zero-order valence-electron chi connectivity index (χ0n) is 18.8. The summed E-state index contributed by atoms with van der Waals surface area (Å²) in [7, 11) is 0. The van der Waals surface area contributed by atoms with Gasteiger partial charge in [-0.15, -0.1) is 5.10 Å². The lowest BCUT2D eigenvalue weighted by molar-refractivity contribution is -0.117. The van der Waals surface area contributed by atoms with Crippen LogP contribution in [0.15, 0.2) is 97.7 Å². The molecule has 0 unspecified atom stereocenters. The highest BCUT2D eigenvalue weighted by atomic mass is 16.2. The first-order chi connectivity index (χ1) is 17.7. The quantitative estimate of drug-likeness (QED) is 0.283. The van der Waals surface area contributed by atoms with E-state index in [1.165, 1.54) is 17.1 Å². The minimum absolute atomic E-state index is 0.360. The minimum atomic E-state index is -0.502. The van der Waals surface area contributed by atoms with Gasteiger partial charge in [0.1, 0.15) is 12.0 Å². The first-order valence-corrected chi connectivity index (χ1v) is 10.8. The molecule has 2 N–H and O–H groups in total. The predicted molar refractivity (Wildman–Crippen MR) is 131 cm³/mol. The number of nitrogens with zero attached hydrogens (tertiary/aromatic N) is 7. The van der Waals surface area contributed by atoms with Crippen molar-refractivity contribution in [1.82, 2.24) is 45.8 Å². The molecule has 0 aliphatic heterocycles. The molecule has 0 atom stereocenters. The van der Waals surface area contributed by atoms with Crippen LogP contribution in [-0.2, 0) is 4.79 Å². The van der Waals surface area contributed by atoms with Crippen molar-refractivity contribution in [2.45, 2.75) is 0 Å². The molecule has 0 spiro atoms. The van der Waals surface area contributed by atoms with Crippen molar-refractivity contribution in [3.63, 3.8) is 0 Å². The van der Waals surface area contributed by atoms with Crippen LogP contribution >= 0.6 is 0 Å². The van der Waals surface area contributed by atoms with Crippen LogP contribution in [0.5, 0.6) is 0 Å². The molecule has 3 aromatic heterocycles. The Morgan fingerprint density at radius 2 is 1.67 bits per heavy atom. The van der Waals surface area contributed by atoms with E-state index in [0.717, 1.165) is 11.3 Å². The summed E-state index contributed by atoms with van der Waals surface area (Å²) < 4.78 is 3.20. The first-order valence-electron chi connectivity index (χ1n) is 10.8. The van der Waals surface area contributed by atoms with Gasteiger partial charge in [0.2, 0.25) is 0 Å². The molecule has 36 heavy (non-hydrogen) atoms. The van der Waals surface area contributed by atoms with E-state index in [4.69, 9.17) is 0 Å². The average Bonchev–Trinajstić information content (AvgIpc) is 3.62. The number of hydrogen-bond acceptors (Lipinski definition) is 7. The number of pyridine rings is 1. The van der Waals surface area contributed by atoms with Gasteiger partial charge in [0, 0.05) is 41.4 Å². The van der Waals surface area contributed by atoms with E-state index >= 15 is 0 Å². The lowest BCUT2D eigenvalue weighted by atomic mass is 10.1. The highest BCUT2D eigenvalue weighted by Gasteiger charge is 2.12. The minimum Gasteiger partial charge on any atom is -0.268 e. The Balaban J connectivity index is 1.27. The molecule has 0 bridgehead atoms. The smallest absolute Gasteiger partial charge is 0.268 e. The molecule has 176 valence electrons. The largest absolute Gasteiger partial charge is 0.269 e. The number of aromatic nitrogens is 7. The second-order valence-electron chi connectivity index (χ2n) is 7.53. The summed E-state index contributed by atoms with van der Waals surface area (Å²) in [6.07, 6.45) is 9.63. The Morgan fingerprint density at radius 1 is 0.861 bits per heavy atom. The molecule has 5 rings (SSSR count). The maximum absolute atomic E-state index is 12.4. The molecule has 0 aliphatic carbocycles.